The second-order valence-electron chi connectivity index (χ2n) is 5.17. The maximum Gasteiger partial charge on any atom is 0.341 e. The summed E-state index contributed by atoms with van der Waals surface area (Å²) in [6, 6.07) is 0. The van der Waals surface area contributed by atoms with Gasteiger partial charge in [0.25, 0.3) is 0 Å². The van der Waals surface area contributed by atoms with Crippen LogP contribution < -0.4 is 0 Å². The summed E-state index contributed by atoms with van der Waals surface area (Å²) in [5.41, 5.74) is -1.18. The van der Waals surface area contributed by atoms with Gasteiger partial charge in [-0.15, -0.1) is 0 Å². The fourth-order valence-corrected chi connectivity index (χ4v) is 2.93. The van der Waals surface area contributed by atoms with Crippen LogP contribution in [0.15, 0.2) is 0 Å². The van der Waals surface area contributed by atoms with Gasteiger partial charge >= 0.3 is 5.97 Å². The van der Waals surface area contributed by atoms with Crippen molar-refractivity contribution in [2.45, 2.75) is 50.9 Å². The molecule has 2 fully saturated rings. The minimum absolute atomic E-state index is 0.0228. The second-order valence-corrected chi connectivity index (χ2v) is 5.17. The van der Waals surface area contributed by atoms with E-state index in [1.807, 2.05) is 6.92 Å². The lowest BCUT2D eigenvalue weighted by Gasteiger charge is -2.18. The molecule has 1 spiro atoms. The first-order chi connectivity index (χ1) is 7.48. The standard InChI is InChI=1S/C12H20O4/c1-8(2)7-12(10(13)14-4)11(16-12)5-6-15-9(11)3/h8-9H,5-7H2,1-4H3. The van der Waals surface area contributed by atoms with Crippen molar-refractivity contribution in [2.24, 2.45) is 5.92 Å². The zero-order valence-corrected chi connectivity index (χ0v) is 10.4. The average Bonchev–Trinajstić information content (AvgIpc) is 2.71. The first kappa shape index (κ1) is 11.9. The monoisotopic (exact) mass is 228 g/mol. The number of epoxide rings is 1. The van der Waals surface area contributed by atoms with Crippen LogP contribution in [-0.4, -0.2) is 37.0 Å². The summed E-state index contributed by atoms with van der Waals surface area (Å²) < 4.78 is 16.3. The SMILES string of the molecule is COC(=O)C1(CC(C)C)OC12CCOC2C. The van der Waals surface area contributed by atoms with Crippen molar-refractivity contribution < 1.29 is 19.0 Å². The number of hydrogen-bond donors (Lipinski definition) is 0. The molecule has 2 heterocycles. The quantitative estimate of drug-likeness (QED) is 0.543. The zero-order chi connectivity index (χ0) is 12.0. The molecule has 16 heavy (non-hydrogen) atoms. The van der Waals surface area contributed by atoms with E-state index in [1.54, 1.807) is 0 Å². The van der Waals surface area contributed by atoms with Gasteiger partial charge in [-0.1, -0.05) is 13.8 Å². The van der Waals surface area contributed by atoms with Gasteiger partial charge in [0.2, 0.25) is 0 Å². The van der Waals surface area contributed by atoms with Gasteiger partial charge in [0.1, 0.15) is 5.60 Å². The largest absolute Gasteiger partial charge is 0.467 e. The van der Waals surface area contributed by atoms with Crippen molar-refractivity contribution in [3.8, 4) is 0 Å². The Balaban J connectivity index is 2.23. The van der Waals surface area contributed by atoms with Gasteiger partial charge in [0.05, 0.1) is 19.8 Å². The van der Waals surface area contributed by atoms with Crippen molar-refractivity contribution in [1.29, 1.82) is 0 Å². The molecule has 0 N–H and O–H groups in total. The lowest BCUT2D eigenvalue weighted by atomic mass is 9.82. The van der Waals surface area contributed by atoms with E-state index in [1.165, 1.54) is 7.11 Å². The molecule has 92 valence electrons. The summed E-state index contributed by atoms with van der Waals surface area (Å²) in [7, 11) is 1.42. The molecule has 0 aromatic carbocycles. The van der Waals surface area contributed by atoms with Crippen molar-refractivity contribution in [3.63, 3.8) is 0 Å². The van der Waals surface area contributed by atoms with Gasteiger partial charge < -0.3 is 14.2 Å². The van der Waals surface area contributed by atoms with Gasteiger partial charge in [-0.2, -0.15) is 0 Å². The van der Waals surface area contributed by atoms with E-state index in [0.717, 1.165) is 6.42 Å². The van der Waals surface area contributed by atoms with Crippen LogP contribution >= 0.6 is 0 Å². The summed E-state index contributed by atoms with van der Waals surface area (Å²) in [6.45, 7) is 6.80. The lowest BCUT2D eigenvalue weighted by molar-refractivity contribution is -0.147. The number of esters is 1. The first-order valence-electron chi connectivity index (χ1n) is 5.89. The summed E-state index contributed by atoms with van der Waals surface area (Å²) in [5.74, 6) is 0.143. The Bertz CT molecular complexity index is 301. The van der Waals surface area contributed by atoms with Gasteiger partial charge in [0, 0.05) is 6.42 Å². The lowest BCUT2D eigenvalue weighted by Crippen LogP contribution is -2.40. The summed E-state index contributed by atoms with van der Waals surface area (Å²) in [5, 5.41) is 0. The van der Waals surface area contributed by atoms with Crippen LogP contribution in [0, 0.1) is 5.92 Å². The molecular weight excluding hydrogens is 208 g/mol. The third kappa shape index (κ3) is 1.39. The molecule has 2 rings (SSSR count). The van der Waals surface area contributed by atoms with E-state index in [9.17, 15) is 4.79 Å². The topological polar surface area (TPSA) is 48.1 Å². The molecule has 3 atom stereocenters. The van der Waals surface area contributed by atoms with Crippen LogP contribution in [0.4, 0.5) is 0 Å². The number of carbonyl (C=O) groups excluding carboxylic acids is 1. The number of ether oxygens (including phenoxy) is 3. The third-order valence-corrected chi connectivity index (χ3v) is 3.71. The molecule has 2 saturated heterocycles. The van der Waals surface area contributed by atoms with Gasteiger partial charge in [-0.05, 0) is 19.3 Å². The molecule has 0 aromatic rings. The molecule has 0 aromatic heterocycles. The Morgan fingerprint density at radius 2 is 2.25 bits per heavy atom. The highest BCUT2D eigenvalue weighted by Gasteiger charge is 2.78. The van der Waals surface area contributed by atoms with Crippen LogP contribution in [0.5, 0.6) is 0 Å². The number of hydrogen-bond acceptors (Lipinski definition) is 4. The molecular formula is C12H20O4. The summed E-state index contributed by atoms with van der Waals surface area (Å²) >= 11 is 0. The van der Waals surface area contributed by atoms with Crippen molar-refractivity contribution in [2.75, 3.05) is 13.7 Å². The van der Waals surface area contributed by atoms with Crippen molar-refractivity contribution in [3.05, 3.63) is 0 Å². The van der Waals surface area contributed by atoms with Gasteiger partial charge in [-0.3, -0.25) is 0 Å². The van der Waals surface area contributed by atoms with Crippen LogP contribution in [0.25, 0.3) is 0 Å². The molecule has 0 radical (unpaired) electrons. The molecule has 0 aliphatic carbocycles. The van der Waals surface area contributed by atoms with E-state index < -0.39 is 11.2 Å². The molecule has 4 heteroatoms. The van der Waals surface area contributed by atoms with E-state index in [-0.39, 0.29) is 12.1 Å². The van der Waals surface area contributed by atoms with Gasteiger partial charge in [-0.25, -0.2) is 4.79 Å². The Hall–Kier alpha value is -0.610. The number of carbonyl (C=O) groups is 1. The molecule has 0 saturated carbocycles. The minimum Gasteiger partial charge on any atom is -0.467 e. The van der Waals surface area contributed by atoms with E-state index in [0.29, 0.717) is 18.9 Å². The van der Waals surface area contributed by atoms with Crippen LogP contribution in [0.2, 0.25) is 0 Å². The average molecular weight is 228 g/mol. The fourth-order valence-electron chi connectivity index (χ4n) is 2.93. The highest BCUT2D eigenvalue weighted by Crippen LogP contribution is 2.59. The Kier molecular flexibility index (Phi) is 2.75. The first-order valence-corrected chi connectivity index (χ1v) is 5.89. The number of methoxy groups -OCH3 is 1. The maximum atomic E-state index is 11.9. The Labute approximate surface area is 96.2 Å². The van der Waals surface area contributed by atoms with Crippen molar-refractivity contribution in [1.82, 2.24) is 0 Å². The highest BCUT2D eigenvalue weighted by molar-refractivity contribution is 5.85. The molecule has 2 aliphatic rings. The predicted octanol–water partition coefficient (Wildman–Crippen LogP) is 1.52. The molecule has 3 unspecified atom stereocenters. The number of rotatable bonds is 3. The zero-order valence-electron chi connectivity index (χ0n) is 10.4. The molecule has 0 bridgehead atoms. The predicted molar refractivity (Wildman–Crippen MR) is 58.0 cm³/mol. The second kappa shape index (κ2) is 3.70. The van der Waals surface area contributed by atoms with E-state index >= 15 is 0 Å². The van der Waals surface area contributed by atoms with E-state index in [4.69, 9.17) is 14.2 Å². The molecule has 4 nitrogen and oxygen atoms in total. The minimum atomic E-state index is -0.758. The van der Waals surface area contributed by atoms with Gasteiger partial charge in [0.15, 0.2) is 5.60 Å². The third-order valence-electron chi connectivity index (χ3n) is 3.71. The van der Waals surface area contributed by atoms with Crippen LogP contribution in [0.3, 0.4) is 0 Å². The Morgan fingerprint density at radius 1 is 1.56 bits per heavy atom. The van der Waals surface area contributed by atoms with E-state index in [2.05, 4.69) is 13.8 Å². The highest BCUT2D eigenvalue weighted by atomic mass is 16.7. The maximum absolute atomic E-state index is 11.9. The van der Waals surface area contributed by atoms with Crippen LogP contribution in [0.1, 0.15) is 33.6 Å². The van der Waals surface area contributed by atoms with Crippen molar-refractivity contribution >= 4 is 5.97 Å². The van der Waals surface area contributed by atoms with Crippen LogP contribution in [-0.2, 0) is 19.0 Å². The smallest absolute Gasteiger partial charge is 0.341 e. The molecule has 0 amide bonds. The normalized spacial score (nSPS) is 41.7. The Morgan fingerprint density at radius 3 is 2.69 bits per heavy atom. The summed E-state index contributed by atoms with van der Waals surface area (Å²) in [6.07, 6.45) is 1.47. The summed E-state index contributed by atoms with van der Waals surface area (Å²) in [4.78, 5) is 11.9. The fraction of sp³-hybridized carbons (Fsp3) is 0.917. The molecule has 2 aliphatic heterocycles.